The molecule has 35 heavy (non-hydrogen) atoms. The zero-order valence-corrected chi connectivity index (χ0v) is 20.5. The Labute approximate surface area is 204 Å². The van der Waals surface area contributed by atoms with Crippen molar-refractivity contribution in [3.8, 4) is 11.5 Å². The van der Waals surface area contributed by atoms with Gasteiger partial charge in [-0.1, -0.05) is 55.8 Å². The van der Waals surface area contributed by atoms with Crippen molar-refractivity contribution in [2.45, 2.75) is 32.7 Å². The third-order valence-corrected chi connectivity index (χ3v) is 6.50. The second kappa shape index (κ2) is 11.5. The van der Waals surface area contributed by atoms with Crippen LogP contribution in [-0.2, 0) is 11.1 Å². The molecule has 9 heteroatoms. The van der Waals surface area contributed by atoms with Crippen molar-refractivity contribution in [1.82, 2.24) is 20.5 Å². The second-order valence-corrected chi connectivity index (χ2v) is 10.1. The van der Waals surface area contributed by atoms with Gasteiger partial charge in [0.1, 0.15) is 0 Å². The summed E-state index contributed by atoms with van der Waals surface area (Å²) in [4.78, 5) is 22.6. The molecular formula is C26H29N4O4P. The van der Waals surface area contributed by atoms with Gasteiger partial charge < -0.3 is 19.5 Å². The van der Waals surface area contributed by atoms with E-state index < -0.39 is 7.60 Å². The van der Waals surface area contributed by atoms with Crippen molar-refractivity contribution in [2.24, 2.45) is 0 Å². The normalized spacial score (nSPS) is 12.4. The van der Waals surface area contributed by atoms with E-state index in [-0.39, 0.29) is 6.16 Å². The summed E-state index contributed by atoms with van der Waals surface area (Å²) in [7, 11) is -3.97. The Hall–Kier alpha value is -3.16. The summed E-state index contributed by atoms with van der Waals surface area (Å²) in [6.07, 6.45) is 5.87. The fraction of sp³-hybridized carbons (Fsp3) is 0.269. The van der Waals surface area contributed by atoms with Gasteiger partial charge in [0, 0.05) is 29.8 Å². The highest BCUT2D eigenvalue weighted by atomic mass is 31.2. The third-order valence-electron chi connectivity index (χ3n) is 5.60. The summed E-state index contributed by atoms with van der Waals surface area (Å²) < 4.78 is 17.1. The Morgan fingerprint density at radius 1 is 1.09 bits per heavy atom. The molecule has 0 aliphatic carbocycles. The Kier molecular flexibility index (Phi) is 8.21. The van der Waals surface area contributed by atoms with E-state index in [1.54, 1.807) is 6.20 Å². The molecule has 0 radical (unpaired) electrons. The number of nitrogens with one attached hydrogen (secondary N) is 1. The first-order valence-corrected chi connectivity index (χ1v) is 13.5. The van der Waals surface area contributed by atoms with Crippen LogP contribution in [0.2, 0.25) is 0 Å². The van der Waals surface area contributed by atoms with E-state index in [2.05, 4.69) is 39.6 Å². The van der Waals surface area contributed by atoms with Crippen LogP contribution in [-0.4, -0.2) is 37.7 Å². The van der Waals surface area contributed by atoms with Gasteiger partial charge in [0.2, 0.25) is 11.8 Å². The molecule has 8 nitrogen and oxygen atoms in total. The number of allylic oxidation sites excluding steroid dienone is 1. The Morgan fingerprint density at radius 2 is 1.91 bits per heavy atom. The van der Waals surface area contributed by atoms with Crippen LogP contribution >= 0.6 is 7.60 Å². The number of nitrogens with zero attached hydrogens (tertiary/aromatic N) is 3. The minimum absolute atomic E-state index is 0.129. The average molecular weight is 493 g/mol. The second-order valence-electron chi connectivity index (χ2n) is 8.32. The lowest BCUT2D eigenvalue weighted by atomic mass is 10.0. The molecule has 3 N–H and O–H groups in total. The number of fused-ring (bicyclic) bond motifs is 1. The van der Waals surface area contributed by atoms with Gasteiger partial charge in [-0.2, -0.15) is 0 Å². The molecule has 0 saturated heterocycles. The van der Waals surface area contributed by atoms with Crippen molar-refractivity contribution < 1.29 is 18.8 Å². The monoisotopic (exact) mass is 492 g/mol. The predicted octanol–water partition coefficient (Wildman–Crippen LogP) is 5.28. The van der Waals surface area contributed by atoms with Crippen LogP contribution in [0.25, 0.3) is 34.0 Å². The number of aromatic nitrogens is 3. The van der Waals surface area contributed by atoms with Crippen LogP contribution in [0.3, 0.4) is 0 Å². The summed E-state index contributed by atoms with van der Waals surface area (Å²) in [6.45, 7) is 3.18. The molecule has 0 fully saturated rings. The van der Waals surface area contributed by atoms with Crippen molar-refractivity contribution in [2.75, 3.05) is 12.7 Å². The molecule has 0 atom stereocenters. The van der Waals surface area contributed by atoms with Gasteiger partial charge in [-0.05, 0) is 48.2 Å². The molecule has 0 spiro atoms. The third kappa shape index (κ3) is 6.71. The van der Waals surface area contributed by atoms with Crippen LogP contribution in [0.1, 0.15) is 43.2 Å². The molecule has 0 saturated carbocycles. The molecule has 4 rings (SSSR count). The number of hydrogen-bond acceptors (Lipinski definition) is 6. The van der Waals surface area contributed by atoms with E-state index in [0.29, 0.717) is 31.3 Å². The number of pyridine rings is 1. The smallest absolute Gasteiger partial charge is 0.325 e. The van der Waals surface area contributed by atoms with Crippen molar-refractivity contribution >= 4 is 30.1 Å². The van der Waals surface area contributed by atoms with Gasteiger partial charge in [0.05, 0.1) is 11.7 Å². The minimum Gasteiger partial charge on any atom is -0.417 e. The SMILES string of the molecule is CCCC(=Cc1nnc(-c2ccc(CNCCCP(=O)(O)O)c3ncccc23)o1)c1ccccc1. The van der Waals surface area contributed by atoms with Gasteiger partial charge >= 0.3 is 7.60 Å². The first-order chi connectivity index (χ1) is 16.9. The van der Waals surface area contributed by atoms with Crippen LogP contribution in [0.15, 0.2) is 65.2 Å². The zero-order valence-electron chi connectivity index (χ0n) is 19.6. The molecule has 0 aliphatic heterocycles. The average Bonchev–Trinajstić information content (AvgIpc) is 3.31. The summed E-state index contributed by atoms with van der Waals surface area (Å²) in [5.41, 5.74) is 4.90. The molecule has 0 amide bonds. The molecule has 2 heterocycles. The van der Waals surface area contributed by atoms with E-state index in [1.165, 1.54) is 0 Å². The van der Waals surface area contributed by atoms with Gasteiger partial charge in [0.25, 0.3) is 0 Å². The maximum Gasteiger partial charge on any atom is 0.325 e. The molecular weight excluding hydrogens is 463 g/mol. The lowest BCUT2D eigenvalue weighted by Gasteiger charge is -2.10. The van der Waals surface area contributed by atoms with E-state index in [1.807, 2.05) is 48.5 Å². The molecule has 0 aliphatic rings. The number of hydrogen-bond donors (Lipinski definition) is 3. The summed E-state index contributed by atoms with van der Waals surface area (Å²) in [5, 5.41) is 12.7. The van der Waals surface area contributed by atoms with Crippen LogP contribution < -0.4 is 5.32 Å². The van der Waals surface area contributed by atoms with Crippen LogP contribution in [0.4, 0.5) is 0 Å². The maximum absolute atomic E-state index is 11.0. The molecule has 4 aromatic rings. The Morgan fingerprint density at radius 3 is 2.69 bits per heavy atom. The number of rotatable bonds is 11. The van der Waals surface area contributed by atoms with Crippen molar-refractivity contribution in [1.29, 1.82) is 0 Å². The highest BCUT2D eigenvalue weighted by Crippen LogP contribution is 2.34. The first-order valence-electron chi connectivity index (χ1n) is 11.7. The lowest BCUT2D eigenvalue weighted by Crippen LogP contribution is -2.16. The molecule has 182 valence electrons. The molecule has 0 unspecified atom stereocenters. The van der Waals surface area contributed by atoms with Gasteiger partial charge in [0.15, 0.2) is 0 Å². The van der Waals surface area contributed by atoms with Crippen molar-refractivity contribution in [3.05, 3.63) is 77.8 Å². The highest BCUT2D eigenvalue weighted by Gasteiger charge is 2.15. The standard InChI is InChI=1S/C26H29N4O4P/c1-2-8-20(19-9-4-3-5-10-19)17-24-29-30-26(34-24)23-13-12-21(25-22(23)11-6-15-28-25)18-27-14-7-16-35(31,32)33/h3-6,9-13,15,17,27H,2,7-8,14,16,18H2,1H3,(H2,31,32,33). The summed E-state index contributed by atoms with van der Waals surface area (Å²) >= 11 is 0. The fourth-order valence-electron chi connectivity index (χ4n) is 3.97. The fourth-order valence-corrected chi connectivity index (χ4v) is 4.54. The highest BCUT2D eigenvalue weighted by molar-refractivity contribution is 7.51. The van der Waals surface area contributed by atoms with E-state index in [4.69, 9.17) is 14.2 Å². The molecule has 2 aromatic carbocycles. The quantitative estimate of drug-likeness (QED) is 0.191. The lowest BCUT2D eigenvalue weighted by molar-refractivity contribution is 0.371. The number of benzene rings is 2. The van der Waals surface area contributed by atoms with Crippen LogP contribution in [0.5, 0.6) is 0 Å². The zero-order chi connectivity index (χ0) is 24.7. The topological polar surface area (TPSA) is 121 Å². The Balaban J connectivity index is 1.56. The van der Waals surface area contributed by atoms with Gasteiger partial charge in [-0.3, -0.25) is 9.55 Å². The Bertz CT molecular complexity index is 1350. The van der Waals surface area contributed by atoms with E-state index in [0.717, 1.165) is 46.0 Å². The van der Waals surface area contributed by atoms with Crippen molar-refractivity contribution in [3.63, 3.8) is 0 Å². The summed E-state index contributed by atoms with van der Waals surface area (Å²) in [6, 6.07) is 18.0. The minimum atomic E-state index is -3.97. The predicted molar refractivity (Wildman–Crippen MR) is 137 cm³/mol. The molecule has 0 bridgehead atoms. The molecule has 2 aromatic heterocycles. The maximum atomic E-state index is 11.0. The largest absolute Gasteiger partial charge is 0.417 e. The van der Waals surface area contributed by atoms with E-state index >= 15 is 0 Å². The summed E-state index contributed by atoms with van der Waals surface area (Å²) in [5.74, 6) is 0.888. The van der Waals surface area contributed by atoms with E-state index in [9.17, 15) is 4.57 Å². The van der Waals surface area contributed by atoms with Gasteiger partial charge in [-0.15, -0.1) is 10.2 Å². The first kappa shape index (κ1) is 24.9. The van der Waals surface area contributed by atoms with Crippen LogP contribution in [0, 0.1) is 0 Å². The van der Waals surface area contributed by atoms with Gasteiger partial charge in [-0.25, -0.2) is 0 Å².